The zero-order valence-electron chi connectivity index (χ0n) is 6.71. The van der Waals surface area contributed by atoms with Crippen LogP contribution in [0.5, 0.6) is 0 Å². The average molecular weight is 229 g/mol. The normalized spacial score (nSPS) is 10.8. The van der Waals surface area contributed by atoms with Crippen LogP contribution in [0, 0.1) is 0 Å². The molecule has 12 heavy (non-hydrogen) atoms. The molecule has 0 aliphatic heterocycles. The van der Waals surface area contributed by atoms with E-state index in [1.165, 1.54) is 6.08 Å². The van der Waals surface area contributed by atoms with Gasteiger partial charge in [0, 0.05) is 6.42 Å². The fourth-order valence-electron chi connectivity index (χ4n) is 0.711. The molecule has 0 bridgehead atoms. The molecule has 0 saturated carbocycles. The minimum atomic E-state index is 0.0996. The van der Waals surface area contributed by atoms with E-state index < -0.39 is 0 Å². The van der Waals surface area contributed by atoms with Gasteiger partial charge in [0.25, 0.3) is 0 Å². The third-order valence-electron chi connectivity index (χ3n) is 1.38. The summed E-state index contributed by atoms with van der Waals surface area (Å²) in [5.41, 5.74) is 0. The van der Waals surface area contributed by atoms with Gasteiger partial charge in [0.1, 0.15) is 5.76 Å². The Morgan fingerprint density at radius 3 is 2.92 bits per heavy atom. The number of carbonyl (C=O) groups is 1. The van der Waals surface area contributed by atoms with Crippen LogP contribution in [0.4, 0.5) is 0 Å². The second-order valence-electron chi connectivity index (χ2n) is 2.30. The van der Waals surface area contributed by atoms with Gasteiger partial charge >= 0.3 is 0 Å². The van der Waals surface area contributed by atoms with Crippen LogP contribution >= 0.6 is 15.9 Å². The topological polar surface area (TPSA) is 30.2 Å². The molecule has 0 saturated heterocycles. The van der Waals surface area contributed by atoms with E-state index in [2.05, 4.69) is 15.9 Å². The molecule has 0 atom stereocenters. The monoisotopic (exact) mass is 228 g/mol. The van der Waals surface area contributed by atoms with E-state index in [1.54, 1.807) is 18.2 Å². The smallest absolute Gasteiger partial charge is 0.169 e. The van der Waals surface area contributed by atoms with Gasteiger partial charge in [-0.25, -0.2) is 0 Å². The van der Waals surface area contributed by atoms with E-state index in [9.17, 15) is 4.79 Å². The van der Waals surface area contributed by atoms with Crippen LogP contribution in [0.2, 0.25) is 0 Å². The van der Waals surface area contributed by atoms with Crippen LogP contribution < -0.4 is 0 Å². The molecule has 1 rings (SSSR count). The number of carbonyl (C=O) groups excluding carboxylic acids is 1. The van der Waals surface area contributed by atoms with Crippen molar-refractivity contribution in [3.05, 3.63) is 28.6 Å². The van der Waals surface area contributed by atoms with Crippen molar-refractivity contribution in [2.45, 2.75) is 13.3 Å². The second-order valence-corrected chi connectivity index (χ2v) is 3.08. The summed E-state index contributed by atoms with van der Waals surface area (Å²) in [6.07, 6.45) is 3.71. The van der Waals surface area contributed by atoms with Crippen molar-refractivity contribution in [3.63, 3.8) is 0 Å². The first-order valence-electron chi connectivity index (χ1n) is 3.68. The van der Waals surface area contributed by atoms with Crippen molar-refractivity contribution in [1.82, 2.24) is 0 Å². The molecule has 2 nitrogen and oxygen atoms in total. The summed E-state index contributed by atoms with van der Waals surface area (Å²) < 4.78 is 5.83. The van der Waals surface area contributed by atoms with Crippen molar-refractivity contribution in [2.75, 3.05) is 0 Å². The summed E-state index contributed by atoms with van der Waals surface area (Å²) in [6.45, 7) is 1.82. The highest BCUT2D eigenvalue weighted by atomic mass is 79.9. The van der Waals surface area contributed by atoms with Crippen molar-refractivity contribution < 1.29 is 9.21 Å². The molecule has 1 aromatic rings. The van der Waals surface area contributed by atoms with E-state index in [0.717, 1.165) is 0 Å². The van der Waals surface area contributed by atoms with Crippen LogP contribution in [0.25, 0.3) is 6.08 Å². The van der Waals surface area contributed by atoms with E-state index >= 15 is 0 Å². The highest BCUT2D eigenvalue weighted by Gasteiger charge is 1.95. The molecule has 0 aromatic carbocycles. The first kappa shape index (κ1) is 9.26. The molecule has 0 fully saturated rings. The molecule has 0 unspecified atom stereocenters. The standard InChI is InChI=1S/C9H9BrO2/c1-2-7(11)3-4-8-5-6-9(10)12-8/h3-6H,2H2,1H3. The Morgan fingerprint density at radius 1 is 1.67 bits per heavy atom. The molecule has 1 heterocycles. The van der Waals surface area contributed by atoms with Crippen LogP contribution in [-0.2, 0) is 4.79 Å². The van der Waals surface area contributed by atoms with E-state index in [1.807, 2.05) is 6.92 Å². The van der Waals surface area contributed by atoms with E-state index in [-0.39, 0.29) is 5.78 Å². The van der Waals surface area contributed by atoms with Crippen LogP contribution in [0.3, 0.4) is 0 Å². The maximum absolute atomic E-state index is 10.9. The Kier molecular flexibility index (Phi) is 3.29. The van der Waals surface area contributed by atoms with Gasteiger partial charge in [-0.1, -0.05) is 6.92 Å². The molecule has 0 spiro atoms. The van der Waals surface area contributed by atoms with Crippen molar-refractivity contribution in [2.24, 2.45) is 0 Å². The number of hydrogen-bond acceptors (Lipinski definition) is 2. The predicted octanol–water partition coefficient (Wildman–Crippen LogP) is 3.03. The van der Waals surface area contributed by atoms with Gasteiger partial charge in [-0.3, -0.25) is 4.79 Å². The minimum Gasteiger partial charge on any atom is -0.450 e. The summed E-state index contributed by atoms with van der Waals surface area (Å²) in [5, 5.41) is 0. The van der Waals surface area contributed by atoms with Crippen LogP contribution in [0.1, 0.15) is 19.1 Å². The Labute approximate surface area is 79.4 Å². The molecule has 3 heteroatoms. The van der Waals surface area contributed by atoms with Gasteiger partial charge in [0.2, 0.25) is 0 Å². The van der Waals surface area contributed by atoms with E-state index in [4.69, 9.17) is 4.42 Å². The van der Waals surface area contributed by atoms with Gasteiger partial charge < -0.3 is 4.42 Å². The summed E-state index contributed by atoms with van der Waals surface area (Å²) >= 11 is 3.17. The van der Waals surface area contributed by atoms with Crippen molar-refractivity contribution in [3.8, 4) is 0 Å². The zero-order chi connectivity index (χ0) is 8.97. The van der Waals surface area contributed by atoms with Crippen molar-refractivity contribution in [1.29, 1.82) is 0 Å². The molecule has 0 amide bonds. The maximum Gasteiger partial charge on any atom is 0.169 e. The lowest BCUT2D eigenvalue weighted by Crippen LogP contribution is -1.85. The third-order valence-corrected chi connectivity index (χ3v) is 1.80. The Morgan fingerprint density at radius 2 is 2.42 bits per heavy atom. The molecular formula is C9H9BrO2. The molecule has 0 radical (unpaired) electrons. The second kappa shape index (κ2) is 4.26. The fraction of sp³-hybridized carbons (Fsp3) is 0.222. The van der Waals surface area contributed by atoms with Gasteiger partial charge in [0.05, 0.1) is 0 Å². The Balaban J connectivity index is 2.63. The highest BCUT2D eigenvalue weighted by Crippen LogP contribution is 2.14. The van der Waals surface area contributed by atoms with Gasteiger partial charge in [-0.05, 0) is 40.2 Å². The molecule has 1 aromatic heterocycles. The molecule has 0 aliphatic carbocycles. The Bertz CT molecular complexity index is 299. The SMILES string of the molecule is CCC(=O)C=Cc1ccc(Br)o1. The van der Waals surface area contributed by atoms with Gasteiger partial charge in [0.15, 0.2) is 10.5 Å². The summed E-state index contributed by atoms with van der Waals surface area (Å²) in [7, 11) is 0. The first-order chi connectivity index (χ1) is 5.72. The first-order valence-corrected chi connectivity index (χ1v) is 4.48. The fourth-order valence-corrected chi connectivity index (χ4v) is 1.03. The summed E-state index contributed by atoms with van der Waals surface area (Å²) in [6, 6.07) is 3.58. The third kappa shape index (κ3) is 2.66. The molecule has 0 aliphatic rings. The van der Waals surface area contributed by atoms with Gasteiger partial charge in [-0.15, -0.1) is 0 Å². The quantitative estimate of drug-likeness (QED) is 0.745. The Hall–Kier alpha value is -0.830. The molecule has 0 N–H and O–H groups in total. The minimum absolute atomic E-state index is 0.0996. The number of furan rings is 1. The maximum atomic E-state index is 10.9. The lowest BCUT2D eigenvalue weighted by Gasteiger charge is -1.84. The average Bonchev–Trinajstić information content (AvgIpc) is 2.47. The highest BCUT2D eigenvalue weighted by molar-refractivity contribution is 9.10. The number of hydrogen-bond donors (Lipinski definition) is 0. The van der Waals surface area contributed by atoms with Crippen molar-refractivity contribution >= 4 is 27.8 Å². The molecule has 64 valence electrons. The van der Waals surface area contributed by atoms with Crippen LogP contribution in [0.15, 0.2) is 27.3 Å². The number of halogens is 1. The lowest BCUT2D eigenvalue weighted by molar-refractivity contribution is -0.114. The number of rotatable bonds is 3. The van der Waals surface area contributed by atoms with E-state index in [0.29, 0.717) is 16.9 Å². The zero-order valence-corrected chi connectivity index (χ0v) is 8.30. The number of ketones is 1. The number of allylic oxidation sites excluding steroid dienone is 1. The van der Waals surface area contributed by atoms with Crippen LogP contribution in [-0.4, -0.2) is 5.78 Å². The van der Waals surface area contributed by atoms with Gasteiger partial charge in [-0.2, -0.15) is 0 Å². The lowest BCUT2D eigenvalue weighted by atomic mass is 10.3. The summed E-state index contributed by atoms with van der Waals surface area (Å²) in [5.74, 6) is 0.784. The predicted molar refractivity (Wildman–Crippen MR) is 50.7 cm³/mol. The largest absolute Gasteiger partial charge is 0.450 e. The summed E-state index contributed by atoms with van der Waals surface area (Å²) in [4.78, 5) is 10.9. The molecular weight excluding hydrogens is 220 g/mol.